The standard InChI is InChI=1S/C8H8F11O4P/c9-4(10)6(13,14)1-21-24(20,23-3-8(17,18)19)22-2-7(15,16)5(11)12/h4-5H,1-3H2. The third kappa shape index (κ3) is 8.44. The number of phosphoric acid groups is 1. The van der Waals surface area contributed by atoms with Crippen LogP contribution in [0.25, 0.3) is 0 Å². The summed E-state index contributed by atoms with van der Waals surface area (Å²) in [5.41, 5.74) is 0. The van der Waals surface area contributed by atoms with Crippen LogP contribution in [0, 0.1) is 0 Å². The molecule has 16 heteroatoms. The van der Waals surface area contributed by atoms with Crippen LogP contribution in [0.15, 0.2) is 0 Å². The molecule has 0 atom stereocenters. The van der Waals surface area contributed by atoms with E-state index >= 15 is 0 Å². The van der Waals surface area contributed by atoms with Crippen molar-refractivity contribution in [3.05, 3.63) is 0 Å². The van der Waals surface area contributed by atoms with Gasteiger partial charge in [-0.05, 0) is 0 Å². The minimum Gasteiger partial charge on any atom is -0.280 e. The highest BCUT2D eigenvalue weighted by Gasteiger charge is 2.48. The monoisotopic (exact) mass is 408 g/mol. The van der Waals surface area contributed by atoms with Crippen molar-refractivity contribution >= 4 is 7.82 Å². The largest absolute Gasteiger partial charge is 0.475 e. The average Bonchev–Trinajstić information content (AvgIpc) is 2.40. The maximum atomic E-state index is 12.6. The van der Waals surface area contributed by atoms with Gasteiger partial charge in [0.2, 0.25) is 0 Å². The second-order valence-corrected chi connectivity index (χ2v) is 5.68. The normalized spacial score (nSPS) is 14.7. The summed E-state index contributed by atoms with van der Waals surface area (Å²) in [6.07, 6.45) is -14.1. The van der Waals surface area contributed by atoms with Crippen molar-refractivity contribution in [2.24, 2.45) is 0 Å². The fraction of sp³-hybridized carbons (Fsp3) is 1.00. The fourth-order valence-electron chi connectivity index (χ4n) is 0.720. The molecule has 0 rings (SSSR count). The molecule has 0 saturated heterocycles. The second-order valence-electron chi connectivity index (χ2n) is 4.01. The van der Waals surface area contributed by atoms with Crippen LogP contribution in [-0.2, 0) is 18.1 Å². The fourth-order valence-corrected chi connectivity index (χ4v) is 1.91. The number of phosphoric ester groups is 1. The van der Waals surface area contributed by atoms with E-state index in [0.717, 1.165) is 0 Å². The number of alkyl halides is 11. The van der Waals surface area contributed by atoms with E-state index in [1.54, 1.807) is 0 Å². The molecule has 0 unspecified atom stereocenters. The van der Waals surface area contributed by atoms with Gasteiger partial charge < -0.3 is 0 Å². The Bertz CT molecular complexity index is 410. The zero-order chi connectivity index (χ0) is 19.4. The highest BCUT2D eigenvalue weighted by atomic mass is 31.2. The van der Waals surface area contributed by atoms with Crippen LogP contribution >= 0.6 is 7.82 Å². The van der Waals surface area contributed by atoms with Crippen LogP contribution in [0.3, 0.4) is 0 Å². The maximum absolute atomic E-state index is 12.6. The lowest BCUT2D eigenvalue weighted by atomic mass is 10.4. The minimum absolute atomic E-state index is 2.54. The number of rotatable bonds is 10. The molecule has 0 radical (unpaired) electrons. The molecule has 0 bridgehead atoms. The Morgan fingerprint density at radius 2 is 0.958 bits per heavy atom. The molecule has 0 aromatic heterocycles. The van der Waals surface area contributed by atoms with Gasteiger partial charge in [-0.3, -0.25) is 13.6 Å². The first kappa shape index (κ1) is 23.3. The van der Waals surface area contributed by atoms with Gasteiger partial charge in [0.05, 0.1) is 0 Å². The summed E-state index contributed by atoms with van der Waals surface area (Å²) in [5, 5.41) is 0. The Morgan fingerprint density at radius 3 is 1.21 bits per heavy atom. The Hall–Kier alpha value is -0.660. The quantitative estimate of drug-likeness (QED) is 0.394. The van der Waals surface area contributed by atoms with Crippen LogP contribution in [0.1, 0.15) is 0 Å². The van der Waals surface area contributed by atoms with Gasteiger partial charge in [-0.2, -0.15) is 30.7 Å². The van der Waals surface area contributed by atoms with Crippen molar-refractivity contribution < 1.29 is 66.4 Å². The van der Waals surface area contributed by atoms with E-state index < -0.39 is 58.5 Å². The molecule has 0 aliphatic rings. The van der Waals surface area contributed by atoms with Crippen molar-refractivity contribution in [2.75, 3.05) is 19.8 Å². The Morgan fingerprint density at radius 1 is 0.667 bits per heavy atom. The number of hydrogen-bond acceptors (Lipinski definition) is 4. The van der Waals surface area contributed by atoms with Crippen molar-refractivity contribution in [1.82, 2.24) is 0 Å². The van der Waals surface area contributed by atoms with Gasteiger partial charge in [0.15, 0.2) is 6.61 Å². The smallest absolute Gasteiger partial charge is 0.280 e. The van der Waals surface area contributed by atoms with Gasteiger partial charge in [-0.15, -0.1) is 0 Å². The molecule has 0 aromatic rings. The first-order valence-electron chi connectivity index (χ1n) is 5.43. The van der Waals surface area contributed by atoms with E-state index in [4.69, 9.17) is 0 Å². The van der Waals surface area contributed by atoms with E-state index in [1.165, 1.54) is 0 Å². The molecule has 0 aliphatic heterocycles. The van der Waals surface area contributed by atoms with Gasteiger partial charge in [-0.25, -0.2) is 22.1 Å². The van der Waals surface area contributed by atoms with Crippen LogP contribution in [0.5, 0.6) is 0 Å². The van der Waals surface area contributed by atoms with Gasteiger partial charge in [0.1, 0.15) is 13.2 Å². The van der Waals surface area contributed by atoms with Crippen molar-refractivity contribution in [3.63, 3.8) is 0 Å². The second kappa shape index (κ2) is 8.15. The Labute approximate surface area is 126 Å². The number of halogens is 11. The zero-order valence-electron chi connectivity index (χ0n) is 11.0. The minimum atomic E-state index is -5.93. The Balaban J connectivity index is 5.06. The molecule has 24 heavy (non-hydrogen) atoms. The summed E-state index contributed by atoms with van der Waals surface area (Å²) in [5.74, 6) is -10.1. The SMILES string of the molecule is O=P(OCC(F)(F)F)(OCC(F)(F)C(F)F)OCC(F)(F)C(F)F. The van der Waals surface area contributed by atoms with E-state index in [2.05, 4.69) is 13.6 Å². The number of hydrogen-bond donors (Lipinski definition) is 0. The molecule has 0 aromatic carbocycles. The van der Waals surface area contributed by atoms with Crippen molar-refractivity contribution in [3.8, 4) is 0 Å². The molecule has 0 N–H and O–H groups in total. The molecule has 0 saturated carbocycles. The molecule has 0 spiro atoms. The summed E-state index contributed by atoms with van der Waals surface area (Å²) in [6.45, 7) is -7.62. The van der Waals surface area contributed by atoms with Crippen LogP contribution in [-0.4, -0.2) is 50.7 Å². The van der Waals surface area contributed by atoms with E-state index in [-0.39, 0.29) is 0 Å². The van der Waals surface area contributed by atoms with E-state index in [1.807, 2.05) is 0 Å². The summed E-state index contributed by atoms with van der Waals surface area (Å²) in [7, 11) is -5.93. The maximum Gasteiger partial charge on any atom is 0.475 e. The van der Waals surface area contributed by atoms with Crippen LogP contribution in [0.2, 0.25) is 0 Å². The van der Waals surface area contributed by atoms with Gasteiger partial charge in [0, 0.05) is 0 Å². The first-order valence-corrected chi connectivity index (χ1v) is 6.89. The van der Waals surface area contributed by atoms with Gasteiger partial charge in [0.25, 0.3) is 0 Å². The topological polar surface area (TPSA) is 44.8 Å². The van der Waals surface area contributed by atoms with Crippen LogP contribution in [0.4, 0.5) is 48.3 Å². The lowest BCUT2D eigenvalue weighted by Gasteiger charge is -2.23. The molecule has 0 heterocycles. The predicted molar refractivity (Wildman–Crippen MR) is 53.4 cm³/mol. The summed E-state index contributed by atoms with van der Waals surface area (Å²) >= 11 is 0. The summed E-state index contributed by atoms with van der Waals surface area (Å²) < 4.78 is 155. The molecular weight excluding hydrogens is 400 g/mol. The van der Waals surface area contributed by atoms with Gasteiger partial charge >= 0.3 is 38.7 Å². The summed E-state index contributed by atoms with van der Waals surface area (Å²) in [6, 6.07) is 0. The predicted octanol–water partition coefficient (Wildman–Crippen LogP) is 4.51. The molecular formula is C8H8F11O4P. The third-order valence-electron chi connectivity index (χ3n) is 1.86. The van der Waals surface area contributed by atoms with Gasteiger partial charge in [-0.1, -0.05) is 0 Å². The highest BCUT2D eigenvalue weighted by molar-refractivity contribution is 7.48. The lowest BCUT2D eigenvalue weighted by molar-refractivity contribution is -0.175. The van der Waals surface area contributed by atoms with E-state index in [9.17, 15) is 52.9 Å². The molecule has 0 amide bonds. The molecule has 0 aliphatic carbocycles. The molecule has 4 nitrogen and oxygen atoms in total. The molecule has 146 valence electrons. The first-order chi connectivity index (χ1) is 10.5. The highest BCUT2D eigenvalue weighted by Crippen LogP contribution is 2.52. The third-order valence-corrected chi connectivity index (χ3v) is 3.19. The van der Waals surface area contributed by atoms with Crippen molar-refractivity contribution in [1.29, 1.82) is 0 Å². The average molecular weight is 408 g/mol. The van der Waals surface area contributed by atoms with E-state index in [0.29, 0.717) is 0 Å². The zero-order valence-corrected chi connectivity index (χ0v) is 11.9. The van der Waals surface area contributed by atoms with Crippen LogP contribution < -0.4 is 0 Å². The lowest BCUT2D eigenvalue weighted by Crippen LogP contribution is -2.34. The van der Waals surface area contributed by atoms with Crippen molar-refractivity contribution in [2.45, 2.75) is 30.9 Å². The molecule has 0 fully saturated rings. The Kier molecular flexibility index (Phi) is 7.92. The summed E-state index contributed by atoms with van der Waals surface area (Å²) in [4.78, 5) is 0.